The molecule has 0 radical (unpaired) electrons. The molecule has 4 bridgehead atoms. The third kappa shape index (κ3) is 7.64. The van der Waals surface area contributed by atoms with Gasteiger partial charge in [0, 0.05) is 23.6 Å². The number of halogens is 2. The summed E-state index contributed by atoms with van der Waals surface area (Å²) in [5.41, 5.74) is 4.11. The standard InChI is InChI=1S/C24H29F2N7O14P2S/c1-10(2)43-24(36)40-9-50-49(39)42-6-12-14(25)17(21(44-12)32-4-3-13(34)31-23(32)35)46-48(37,38)41-5-11-15(26)18(47-49)22(45-11)33-8-30-16-19(27)28-7-29-20(16)33/h3-4,7-8,10-12,14-15,17-18,21-22H,5-6,9H2,1-2H3,(H,37,38)(H2,27,28,29)(H,31,34,35)/t11-,12-,14-,15-,17-,18-,21-,22-,49?/m1/s1. The molecule has 0 spiro atoms. The summed E-state index contributed by atoms with van der Waals surface area (Å²) in [6.07, 6.45) is -14.0. The third-order valence-corrected chi connectivity index (χ3v) is 11.7. The summed E-state index contributed by atoms with van der Waals surface area (Å²) < 4.78 is 104. The number of carbonyl (C=O) groups is 1. The second kappa shape index (κ2) is 14.4. The number of rotatable bonds is 6. The van der Waals surface area contributed by atoms with Crippen LogP contribution >= 0.6 is 26.0 Å². The van der Waals surface area contributed by atoms with Crippen LogP contribution < -0.4 is 17.0 Å². The molecule has 6 heterocycles. The van der Waals surface area contributed by atoms with E-state index in [4.69, 9.17) is 42.8 Å². The van der Waals surface area contributed by atoms with Gasteiger partial charge in [0.05, 0.1) is 25.6 Å². The number of nitrogen functional groups attached to an aromatic ring is 1. The van der Waals surface area contributed by atoms with Crippen LogP contribution in [0.3, 0.4) is 0 Å². The molecule has 3 aliphatic heterocycles. The second-order valence-corrected chi connectivity index (χ2v) is 16.5. The number of nitrogens with zero attached hydrogens (tertiary/aromatic N) is 5. The van der Waals surface area contributed by atoms with Gasteiger partial charge in [-0.1, -0.05) is 0 Å². The minimum Gasteiger partial charge on any atom is -0.432 e. The van der Waals surface area contributed by atoms with E-state index >= 15 is 8.78 Å². The summed E-state index contributed by atoms with van der Waals surface area (Å²) in [5, 5.41) is 0. The molecule has 3 aliphatic rings. The van der Waals surface area contributed by atoms with Crippen molar-refractivity contribution in [2.75, 3.05) is 24.9 Å². The van der Waals surface area contributed by atoms with Crippen molar-refractivity contribution < 1.29 is 64.6 Å². The molecular weight excluding hydrogens is 742 g/mol. The van der Waals surface area contributed by atoms with Gasteiger partial charge < -0.3 is 29.6 Å². The number of carbonyl (C=O) groups excluding carboxylic acids is 1. The highest BCUT2D eigenvalue weighted by Gasteiger charge is 2.55. The summed E-state index contributed by atoms with van der Waals surface area (Å²) in [7, 11) is -5.28. The van der Waals surface area contributed by atoms with Crippen LogP contribution in [0.15, 0.2) is 34.5 Å². The normalized spacial score (nSPS) is 34.8. The first kappa shape index (κ1) is 36.5. The van der Waals surface area contributed by atoms with Gasteiger partial charge in [-0.15, -0.1) is 0 Å². The molecule has 50 heavy (non-hydrogen) atoms. The predicted octanol–water partition coefficient (Wildman–Crippen LogP) is 1.71. The molecule has 0 saturated carbocycles. The number of nitrogens with two attached hydrogens (primary N) is 1. The van der Waals surface area contributed by atoms with Crippen molar-refractivity contribution in [3.63, 3.8) is 0 Å². The van der Waals surface area contributed by atoms with Crippen LogP contribution in [0, 0.1) is 0 Å². The van der Waals surface area contributed by atoms with Gasteiger partial charge >= 0.3 is 26.5 Å². The van der Waals surface area contributed by atoms with E-state index in [1.807, 2.05) is 4.98 Å². The summed E-state index contributed by atoms with van der Waals surface area (Å²) in [6.45, 7) is -3.60. The molecule has 274 valence electrons. The number of alkyl halides is 2. The zero-order chi connectivity index (χ0) is 36.0. The van der Waals surface area contributed by atoms with E-state index in [1.165, 1.54) is 4.57 Å². The molecule has 3 aromatic rings. The molecule has 21 nitrogen and oxygen atoms in total. The number of fused-ring (bicyclic) bond motifs is 5. The van der Waals surface area contributed by atoms with Crippen LogP contribution in [-0.2, 0) is 46.2 Å². The van der Waals surface area contributed by atoms with Crippen molar-refractivity contribution in [2.24, 2.45) is 0 Å². The maximum absolute atomic E-state index is 16.2. The number of aromatic nitrogens is 6. The van der Waals surface area contributed by atoms with E-state index in [1.54, 1.807) is 13.8 Å². The fourth-order valence-electron chi connectivity index (χ4n) is 5.14. The van der Waals surface area contributed by atoms with E-state index in [2.05, 4.69) is 15.0 Å². The van der Waals surface area contributed by atoms with Crippen molar-refractivity contribution >= 4 is 49.1 Å². The summed E-state index contributed by atoms with van der Waals surface area (Å²) >= 11 is 0.264. The highest BCUT2D eigenvalue weighted by atomic mass is 32.7. The maximum Gasteiger partial charge on any atom is 0.509 e. The van der Waals surface area contributed by atoms with E-state index in [9.17, 15) is 28.4 Å². The van der Waals surface area contributed by atoms with E-state index in [0.29, 0.717) is 4.57 Å². The monoisotopic (exact) mass is 771 g/mol. The molecule has 3 fully saturated rings. The number of hydrogen-bond acceptors (Lipinski definition) is 18. The van der Waals surface area contributed by atoms with Gasteiger partial charge in [0.2, 0.25) is 0 Å². The summed E-state index contributed by atoms with van der Waals surface area (Å²) in [6, 6.07) is 0.898. The molecule has 10 atom stereocenters. The Bertz CT molecular complexity index is 1950. The maximum atomic E-state index is 16.2. The molecular formula is C24H29F2N7O14P2S. The first-order valence-electron chi connectivity index (χ1n) is 14.5. The average molecular weight is 772 g/mol. The fraction of sp³-hybridized carbons (Fsp3) is 0.583. The summed E-state index contributed by atoms with van der Waals surface area (Å²) in [4.78, 5) is 60.7. The first-order chi connectivity index (χ1) is 23.6. The molecule has 6 rings (SSSR count). The van der Waals surface area contributed by atoms with Gasteiger partial charge in [-0.2, -0.15) is 0 Å². The Labute approximate surface area is 282 Å². The number of ether oxygens (including phenoxy) is 4. The number of hydrogen-bond donors (Lipinski definition) is 3. The number of nitrogens with one attached hydrogen (secondary N) is 1. The largest absolute Gasteiger partial charge is 0.509 e. The molecule has 3 aromatic heterocycles. The highest BCUT2D eigenvalue weighted by molar-refractivity contribution is 8.55. The Morgan fingerprint density at radius 1 is 1.08 bits per heavy atom. The van der Waals surface area contributed by atoms with E-state index in [-0.39, 0.29) is 28.4 Å². The van der Waals surface area contributed by atoms with E-state index in [0.717, 1.165) is 24.9 Å². The number of phosphoric acid groups is 1. The molecule has 2 unspecified atom stereocenters. The SMILES string of the molecule is CC(C)OC(=O)OCSP1(=O)OC[C@H]2O[C@@H](n3ccc(=O)[nH]c3=O)[C@H](OP(=O)(O)OC[C@H]3O[C@@H](n4cnc5c(N)ncnc54)[C@H](O1)[C@@H]3F)[C@@H]2F. The van der Waals surface area contributed by atoms with Crippen LogP contribution in [0.1, 0.15) is 26.3 Å². The highest BCUT2D eigenvalue weighted by Crippen LogP contribution is 2.64. The fourth-order valence-corrected chi connectivity index (χ4v) is 8.82. The minimum absolute atomic E-state index is 0.0362. The quantitative estimate of drug-likeness (QED) is 0.183. The first-order valence-corrected chi connectivity index (χ1v) is 19.2. The summed E-state index contributed by atoms with van der Waals surface area (Å²) in [5.74, 6) is -0.757. The van der Waals surface area contributed by atoms with Crippen LogP contribution in [-0.4, -0.2) is 102 Å². The Morgan fingerprint density at radius 2 is 1.74 bits per heavy atom. The number of anilines is 1. The molecule has 0 aromatic carbocycles. The zero-order valence-electron chi connectivity index (χ0n) is 25.8. The second-order valence-electron chi connectivity index (χ2n) is 11.1. The minimum atomic E-state index is -5.28. The third-order valence-electron chi connectivity index (χ3n) is 7.34. The van der Waals surface area contributed by atoms with Crippen molar-refractivity contribution in [1.29, 1.82) is 0 Å². The van der Waals surface area contributed by atoms with Gasteiger partial charge in [-0.25, -0.2) is 42.5 Å². The topological polar surface area (TPSA) is 270 Å². The van der Waals surface area contributed by atoms with Crippen LogP contribution in [0.4, 0.5) is 19.4 Å². The Kier molecular flexibility index (Phi) is 10.5. The Morgan fingerprint density at radius 3 is 2.42 bits per heavy atom. The van der Waals surface area contributed by atoms with E-state index < -0.39 is 106 Å². The number of H-pyrrole nitrogens is 1. The van der Waals surface area contributed by atoms with Crippen molar-refractivity contribution in [1.82, 2.24) is 29.1 Å². The lowest BCUT2D eigenvalue weighted by Crippen LogP contribution is -2.38. The van der Waals surface area contributed by atoms with Gasteiger partial charge in [0.15, 0.2) is 42.2 Å². The molecule has 0 amide bonds. The lowest BCUT2D eigenvalue weighted by Gasteiger charge is -2.27. The van der Waals surface area contributed by atoms with Gasteiger partial charge in [0.1, 0.15) is 36.3 Å². The molecule has 0 aliphatic carbocycles. The lowest BCUT2D eigenvalue weighted by atomic mass is 10.1. The lowest BCUT2D eigenvalue weighted by molar-refractivity contribution is -0.0650. The Balaban J connectivity index is 1.35. The average Bonchev–Trinajstić information content (AvgIpc) is 3.69. The van der Waals surface area contributed by atoms with Crippen molar-refractivity contribution in [3.8, 4) is 0 Å². The van der Waals surface area contributed by atoms with Crippen LogP contribution in [0.5, 0.6) is 0 Å². The number of phosphoric ester groups is 1. The van der Waals surface area contributed by atoms with Crippen molar-refractivity contribution in [2.45, 2.75) is 69.2 Å². The Hall–Kier alpha value is -3.31. The van der Waals surface area contributed by atoms with Crippen molar-refractivity contribution in [3.05, 3.63) is 45.8 Å². The van der Waals surface area contributed by atoms with Gasteiger partial charge in [-0.3, -0.25) is 37.0 Å². The molecule has 4 N–H and O–H groups in total. The molecule has 26 heteroatoms. The predicted molar refractivity (Wildman–Crippen MR) is 163 cm³/mol. The molecule has 3 saturated heterocycles. The smallest absolute Gasteiger partial charge is 0.432 e. The van der Waals surface area contributed by atoms with Crippen LogP contribution in [0.2, 0.25) is 0 Å². The number of imidazole rings is 1. The van der Waals surface area contributed by atoms with Gasteiger partial charge in [0.25, 0.3) is 5.56 Å². The van der Waals surface area contributed by atoms with Crippen LogP contribution in [0.25, 0.3) is 11.2 Å². The number of aromatic amines is 1. The van der Waals surface area contributed by atoms with Gasteiger partial charge in [-0.05, 0) is 13.8 Å². The zero-order valence-corrected chi connectivity index (χ0v) is 28.4.